The molecule has 0 heterocycles. The minimum absolute atomic E-state index is 0.0811. The highest BCUT2D eigenvalue weighted by Crippen LogP contribution is 2.20. The Balaban J connectivity index is 2.54. The van der Waals surface area contributed by atoms with E-state index in [1.54, 1.807) is 6.92 Å². The third-order valence-corrected chi connectivity index (χ3v) is 2.23. The molecule has 0 spiro atoms. The van der Waals surface area contributed by atoms with Crippen molar-refractivity contribution in [3.8, 4) is 0 Å². The second-order valence-corrected chi connectivity index (χ2v) is 3.33. The number of carbonyl (C=O) groups excluding carboxylic acids is 1. The summed E-state index contributed by atoms with van der Waals surface area (Å²) in [5.74, 6) is -0.0811. The van der Waals surface area contributed by atoms with E-state index in [-0.39, 0.29) is 5.91 Å². The summed E-state index contributed by atoms with van der Waals surface area (Å²) in [4.78, 5) is 11.3. The molecule has 0 aromatic carbocycles. The van der Waals surface area contributed by atoms with E-state index < -0.39 is 0 Å². The van der Waals surface area contributed by atoms with Gasteiger partial charge in [-0.05, 0) is 19.8 Å². The molecule has 0 unspecified atom stereocenters. The molecule has 1 aliphatic rings. The maximum Gasteiger partial charge on any atom is 0.248 e. The summed E-state index contributed by atoms with van der Waals surface area (Å²) in [6, 6.07) is 0.377. The third-order valence-electron chi connectivity index (χ3n) is 1.79. The van der Waals surface area contributed by atoms with Crippen LogP contribution in [0.2, 0.25) is 0 Å². The summed E-state index contributed by atoms with van der Waals surface area (Å²) in [5.41, 5.74) is 0.540. The Kier molecular flexibility index (Phi) is 2.93. The van der Waals surface area contributed by atoms with Gasteiger partial charge >= 0.3 is 0 Å². The fraction of sp³-hybridized carbons (Fsp3) is 0.444. The van der Waals surface area contributed by atoms with Crippen LogP contribution in [-0.4, -0.2) is 11.9 Å². The van der Waals surface area contributed by atoms with E-state index >= 15 is 0 Å². The number of rotatable bonds is 3. The molecule has 0 radical (unpaired) electrons. The van der Waals surface area contributed by atoms with E-state index in [0.717, 1.165) is 12.8 Å². The van der Waals surface area contributed by atoms with Crippen molar-refractivity contribution in [3.63, 3.8) is 0 Å². The Morgan fingerprint density at radius 1 is 1.67 bits per heavy atom. The molecule has 0 aliphatic heterocycles. The monoisotopic (exact) mass is 185 g/mol. The molecule has 0 bridgehead atoms. The second kappa shape index (κ2) is 3.76. The zero-order valence-corrected chi connectivity index (χ0v) is 7.82. The summed E-state index contributed by atoms with van der Waals surface area (Å²) < 4.78 is 0. The van der Waals surface area contributed by atoms with Crippen LogP contribution in [-0.2, 0) is 4.79 Å². The van der Waals surface area contributed by atoms with Gasteiger partial charge in [-0.3, -0.25) is 4.79 Å². The summed E-state index contributed by atoms with van der Waals surface area (Å²) in [7, 11) is 0. The van der Waals surface area contributed by atoms with Gasteiger partial charge in [0.25, 0.3) is 0 Å². The van der Waals surface area contributed by atoms with E-state index in [0.29, 0.717) is 16.6 Å². The van der Waals surface area contributed by atoms with Gasteiger partial charge in [0.05, 0.1) is 0 Å². The number of carbonyl (C=O) groups is 1. The normalized spacial score (nSPS) is 18.2. The minimum Gasteiger partial charge on any atom is -0.350 e. The van der Waals surface area contributed by atoms with Crippen molar-refractivity contribution in [2.24, 2.45) is 0 Å². The van der Waals surface area contributed by atoms with Crippen molar-refractivity contribution in [2.75, 3.05) is 0 Å². The number of allylic oxidation sites excluding steroid dienone is 2. The van der Waals surface area contributed by atoms with Gasteiger partial charge in [0.2, 0.25) is 5.91 Å². The van der Waals surface area contributed by atoms with E-state index in [2.05, 4.69) is 11.9 Å². The first-order valence-corrected chi connectivity index (χ1v) is 4.32. The Bertz CT molecular complexity index is 241. The lowest BCUT2D eigenvalue weighted by atomic mass is 10.2. The van der Waals surface area contributed by atoms with E-state index in [9.17, 15) is 4.79 Å². The number of hydrogen-bond donors (Lipinski definition) is 1. The van der Waals surface area contributed by atoms with Crippen LogP contribution in [0.25, 0.3) is 0 Å². The fourth-order valence-electron chi connectivity index (χ4n) is 0.783. The first kappa shape index (κ1) is 9.33. The van der Waals surface area contributed by atoms with Crippen molar-refractivity contribution in [2.45, 2.75) is 25.8 Å². The molecular formula is C9H12ClNO. The Labute approximate surface area is 77.3 Å². The zero-order valence-electron chi connectivity index (χ0n) is 7.06. The molecule has 3 heteroatoms. The number of amides is 1. The highest BCUT2D eigenvalue weighted by Gasteiger charge is 2.23. The van der Waals surface area contributed by atoms with Crippen LogP contribution >= 0.6 is 11.6 Å². The Morgan fingerprint density at radius 3 is 2.67 bits per heavy atom. The SMILES string of the molecule is C=C/C(Cl)=C(\C)C(=O)NC1CC1. The van der Waals surface area contributed by atoms with E-state index in [1.807, 2.05) is 0 Å². The molecule has 0 aromatic rings. The quantitative estimate of drug-likeness (QED) is 0.529. The number of nitrogens with one attached hydrogen (secondary N) is 1. The molecule has 1 N–H and O–H groups in total. The van der Waals surface area contributed by atoms with Gasteiger partial charge in [-0.25, -0.2) is 0 Å². The molecule has 1 rings (SSSR count). The van der Waals surface area contributed by atoms with Crippen molar-refractivity contribution in [3.05, 3.63) is 23.3 Å². The Hall–Kier alpha value is -0.760. The fourth-order valence-corrected chi connectivity index (χ4v) is 0.869. The van der Waals surface area contributed by atoms with Crippen LogP contribution in [0.1, 0.15) is 19.8 Å². The van der Waals surface area contributed by atoms with Gasteiger partial charge in [0, 0.05) is 16.6 Å². The minimum atomic E-state index is -0.0811. The van der Waals surface area contributed by atoms with Gasteiger partial charge in [0.1, 0.15) is 0 Å². The van der Waals surface area contributed by atoms with Crippen LogP contribution in [0.4, 0.5) is 0 Å². The highest BCUT2D eigenvalue weighted by atomic mass is 35.5. The number of hydrogen-bond acceptors (Lipinski definition) is 1. The van der Waals surface area contributed by atoms with E-state index in [4.69, 9.17) is 11.6 Å². The largest absolute Gasteiger partial charge is 0.350 e. The molecular weight excluding hydrogens is 174 g/mol. The average molecular weight is 186 g/mol. The smallest absolute Gasteiger partial charge is 0.248 e. The topological polar surface area (TPSA) is 29.1 Å². The predicted octanol–water partition coefficient (Wildman–Crippen LogP) is 1.96. The molecule has 2 nitrogen and oxygen atoms in total. The lowest BCUT2D eigenvalue weighted by Crippen LogP contribution is -2.26. The third kappa shape index (κ3) is 2.38. The highest BCUT2D eigenvalue weighted by molar-refractivity contribution is 6.33. The number of halogens is 1. The van der Waals surface area contributed by atoms with Crippen LogP contribution in [0.5, 0.6) is 0 Å². The zero-order chi connectivity index (χ0) is 9.14. The predicted molar refractivity (Wildman–Crippen MR) is 49.9 cm³/mol. The molecule has 0 atom stereocenters. The van der Waals surface area contributed by atoms with Gasteiger partial charge < -0.3 is 5.32 Å². The summed E-state index contributed by atoms with van der Waals surface area (Å²) in [6.07, 6.45) is 3.65. The lowest BCUT2D eigenvalue weighted by Gasteiger charge is -2.03. The average Bonchev–Trinajstić information content (AvgIpc) is 2.85. The van der Waals surface area contributed by atoms with Gasteiger partial charge in [-0.2, -0.15) is 0 Å². The maximum atomic E-state index is 11.3. The maximum absolute atomic E-state index is 11.3. The molecule has 66 valence electrons. The van der Waals surface area contributed by atoms with Crippen molar-refractivity contribution < 1.29 is 4.79 Å². The molecule has 1 aliphatic carbocycles. The van der Waals surface area contributed by atoms with Crippen molar-refractivity contribution in [1.29, 1.82) is 0 Å². The lowest BCUT2D eigenvalue weighted by molar-refractivity contribution is -0.117. The van der Waals surface area contributed by atoms with Crippen LogP contribution in [0.15, 0.2) is 23.3 Å². The summed E-state index contributed by atoms with van der Waals surface area (Å²) >= 11 is 5.72. The first-order valence-electron chi connectivity index (χ1n) is 3.95. The van der Waals surface area contributed by atoms with Crippen LogP contribution < -0.4 is 5.32 Å². The van der Waals surface area contributed by atoms with Crippen molar-refractivity contribution >= 4 is 17.5 Å². The Morgan fingerprint density at radius 2 is 2.25 bits per heavy atom. The van der Waals surface area contributed by atoms with Crippen LogP contribution in [0.3, 0.4) is 0 Å². The first-order chi connectivity index (χ1) is 5.65. The van der Waals surface area contributed by atoms with Gasteiger partial charge in [-0.1, -0.05) is 24.3 Å². The van der Waals surface area contributed by atoms with Crippen LogP contribution in [0, 0.1) is 0 Å². The molecule has 1 amide bonds. The molecule has 1 saturated carbocycles. The van der Waals surface area contributed by atoms with Gasteiger partial charge in [0.15, 0.2) is 0 Å². The molecule has 1 fully saturated rings. The standard InChI is InChI=1S/C9H12ClNO/c1-3-8(10)6(2)9(12)11-7-4-5-7/h3,7H,1,4-5H2,2H3,(H,11,12)/b8-6-. The van der Waals surface area contributed by atoms with Gasteiger partial charge in [-0.15, -0.1) is 0 Å². The molecule has 0 saturated heterocycles. The van der Waals surface area contributed by atoms with E-state index in [1.165, 1.54) is 6.08 Å². The molecule has 0 aromatic heterocycles. The second-order valence-electron chi connectivity index (χ2n) is 2.92. The van der Waals surface area contributed by atoms with Crippen molar-refractivity contribution in [1.82, 2.24) is 5.32 Å². The molecule has 12 heavy (non-hydrogen) atoms. The summed E-state index contributed by atoms with van der Waals surface area (Å²) in [5, 5.41) is 3.26. The summed E-state index contributed by atoms with van der Waals surface area (Å²) in [6.45, 7) is 5.19.